The van der Waals surface area contributed by atoms with Crippen molar-refractivity contribution in [3.8, 4) is 0 Å². The zero-order valence-electron chi connectivity index (χ0n) is 11.7. The molecular weight excluding hydrogens is 281 g/mol. The highest BCUT2D eigenvalue weighted by Gasteiger charge is 2.32. The molecule has 1 fully saturated rings. The first kappa shape index (κ1) is 15.8. The highest BCUT2D eigenvalue weighted by atomic mass is 19.4. The van der Waals surface area contributed by atoms with Crippen LogP contribution in [0.25, 0.3) is 0 Å². The summed E-state index contributed by atoms with van der Waals surface area (Å²) in [6.07, 6.45) is -0.982. The Morgan fingerprint density at radius 1 is 1.33 bits per heavy atom. The maximum atomic E-state index is 12.7. The highest BCUT2D eigenvalue weighted by Crippen LogP contribution is 2.30. The van der Waals surface area contributed by atoms with Crippen molar-refractivity contribution in [3.05, 3.63) is 35.4 Å². The van der Waals surface area contributed by atoms with Gasteiger partial charge in [-0.2, -0.15) is 13.2 Å². The van der Waals surface area contributed by atoms with E-state index in [9.17, 15) is 18.0 Å². The molecule has 0 radical (unpaired) electrons. The first-order chi connectivity index (χ1) is 9.93. The first-order valence-corrected chi connectivity index (χ1v) is 7.12. The van der Waals surface area contributed by atoms with Gasteiger partial charge in [0.2, 0.25) is 0 Å². The van der Waals surface area contributed by atoms with E-state index in [4.69, 9.17) is 5.73 Å². The van der Waals surface area contributed by atoms with E-state index in [1.54, 1.807) is 4.90 Å². The third kappa shape index (κ3) is 3.75. The number of piperidine rings is 1. The lowest BCUT2D eigenvalue weighted by Gasteiger charge is -2.35. The van der Waals surface area contributed by atoms with Gasteiger partial charge in [-0.1, -0.05) is 6.07 Å². The number of likely N-dealkylation sites (tertiary alicyclic amines) is 1. The van der Waals surface area contributed by atoms with Crippen LogP contribution in [-0.2, 0) is 6.18 Å². The number of hydrogen-bond acceptors (Lipinski definition) is 2. The van der Waals surface area contributed by atoms with E-state index in [-0.39, 0.29) is 17.5 Å². The average Bonchev–Trinajstić information content (AvgIpc) is 2.47. The maximum Gasteiger partial charge on any atom is 0.416 e. The largest absolute Gasteiger partial charge is 0.416 e. The lowest BCUT2D eigenvalue weighted by molar-refractivity contribution is -0.137. The van der Waals surface area contributed by atoms with Crippen molar-refractivity contribution in [1.29, 1.82) is 0 Å². The number of nitrogens with two attached hydrogens (primary N) is 1. The topological polar surface area (TPSA) is 46.3 Å². The van der Waals surface area contributed by atoms with Crippen LogP contribution in [0.1, 0.15) is 41.6 Å². The molecule has 0 spiro atoms. The van der Waals surface area contributed by atoms with Crippen molar-refractivity contribution in [3.63, 3.8) is 0 Å². The summed E-state index contributed by atoms with van der Waals surface area (Å²) in [5.74, 6) is -0.334. The van der Waals surface area contributed by atoms with Gasteiger partial charge in [0.25, 0.3) is 5.91 Å². The number of amides is 1. The normalized spacial score (nSPS) is 19.6. The zero-order valence-corrected chi connectivity index (χ0v) is 11.7. The van der Waals surface area contributed by atoms with Crippen molar-refractivity contribution < 1.29 is 18.0 Å². The van der Waals surface area contributed by atoms with Gasteiger partial charge in [-0.3, -0.25) is 4.79 Å². The molecular formula is C15H19F3N2O. The molecule has 1 amide bonds. The number of nitrogens with zero attached hydrogens (tertiary/aromatic N) is 1. The molecule has 1 aliphatic heterocycles. The fraction of sp³-hybridized carbons (Fsp3) is 0.533. The number of benzene rings is 1. The van der Waals surface area contributed by atoms with E-state index in [0.29, 0.717) is 19.5 Å². The Morgan fingerprint density at radius 3 is 2.76 bits per heavy atom. The van der Waals surface area contributed by atoms with E-state index < -0.39 is 11.7 Å². The minimum Gasteiger partial charge on any atom is -0.336 e. The molecule has 1 atom stereocenters. The van der Waals surface area contributed by atoms with E-state index in [1.807, 2.05) is 0 Å². The van der Waals surface area contributed by atoms with Gasteiger partial charge in [0.15, 0.2) is 0 Å². The van der Waals surface area contributed by atoms with Gasteiger partial charge in [-0.25, -0.2) is 0 Å². The Morgan fingerprint density at radius 2 is 2.10 bits per heavy atom. The fourth-order valence-corrected chi connectivity index (χ4v) is 2.75. The smallest absolute Gasteiger partial charge is 0.336 e. The van der Waals surface area contributed by atoms with E-state index in [2.05, 4.69) is 0 Å². The Hall–Kier alpha value is -1.56. The molecule has 1 aromatic carbocycles. The quantitative estimate of drug-likeness (QED) is 0.932. The van der Waals surface area contributed by atoms with Crippen LogP contribution < -0.4 is 5.73 Å². The molecule has 1 aliphatic rings. The summed E-state index contributed by atoms with van der Waals surface area (Å²) in [7, 11) is 0. The molecule has 0 bridgehead atoms. The van der Waals surface area contributed by atoms with Crippen LogP contribution in [0.3, 0.4) is 0 Å². The number of halogens is 3. The van der Waals surface area contributed by atoms with Gasteiger partial charge in [0.05, 0.1) is 5.56 Å². The van der Waals surface area contributed by atoms with Crippen LogP contribution >= 0.6 is 0 Å². The van der Waals surface area contributed by atoms with Gasteiger partial charge in [0, 0.05) is 18.2 Å². The summed E-state index contributed by atoms with van der Waals surface area (Å²) in [6, 6.07) is 4.65. The van der Waals surface area contributed by atoms with Crippen LogP contribution in [-0.4, -0.2) is 29.9 Å². The van der Waals surface area contributed by atoms with E-state index in [1.165, 1.54) is 12.1 Å². The second-order valence-corrected chi connectivity index (χ2v) is 5.30. The Balaban J connectivity index is 2.22. The van der Waals surface area contributed by atoms with Crippen LogP contribution in [0.4, 0.5) is 13.2 Å². The zero-order chi connectivity index (χ0) is 15.5. The third-order valence-corrected chi connectivity index (χ3v) is 3.82. The summed E-state index contributed by atoms with van der Waals surface area (Å²) >= 11 is 0. The van der Waals surface area contributed by atoms with Gasteiger partial charge < -0.3 is 10.6 Å². The minimum absolute atomic E-state index is 0.0331. The van der Waals surface area contributed by atoms with Crippen LogP contribution in [0.5, 0.6) is 0 Å². The molecule has 1 saturated heterocycles. The summed E-state index contributed by atoms with van der Waals surface area (Å²) in [6.45, 7) is 1.05. The third-order valence-electron chi connectivity index (χ3n) is 3.82. The first-order valence-electron chi connectivity index (χ1n) is 7.12. The van der Waals surface area contributed by atoms with Gasteiger partial charge in [0.1, 0.15) is 0 Å². The predicted octanol–water partition coefficient (Wildman–Crippen LogP) is 3.05. The molecule has 0 saturated carbocycles. The van der Waals surface area contributed by atoms with E-state index >= 15 is 0 Å². The monoisotopic (exact) mass is 300 g/mol. The summed E-state index contributed by atoms with van der Waals surface area (Å²) in [5.41, 5.74) is 4.86. The number of hydrogen-bond donors (Lipinski definition) is 1. The molecule has 0 aromatic heterocycles. The molecule has 2 N–H and O–H groups in total. The van der Waals surface area contributed by atoms with Crippen molar-refractivity contribution in [2.24, 2.45) is 5.73 Å². The molecule has 1 heterocycles. The maximum absolute atomic E-state index is 12.7. The molecule has 1 aromatic rings. The van der Waals surface area contributed by atoms with Crippen LogP contribution in [0.15, 0.2) is 24.3 Å². The highest BCUT2D eigenvalue weighted by molar-refractivity contribution is 5.94. The second-order valence-electron chi connectivity index (χ2n) is 5.30. The lowest BCUT2D eigenvalue weighted by atomic mass is 9.98. The second kappa shape index (κ2) is 6.47. The van der Waals surface area contributed by atoms with Crippen molar-refractivity contribution >= 4 is 5.91 Å². The predicted molar refractivity (Wildman–Crippen MR) is 73.8 cm³/mol. The summed E-state index contributed by atoms with van der Waals surface area (Å²) in [4.78, 5) is 14.2. The SMILES string of the molecule is NCCC1CCCCN1C(=O)c1cccc(C(F)(F)F)c1. The number of alkyl halides is 3. The lowest BCUT2D eigenvalue weighted by Crippen LogP contribution is -2.44. The summed E-state index contributed by atoms with van der Waals surface area (Å²) in [5, 5.41) is 0. The molecule has 6 heteroatoms. The van der Waals surface area contributed by atoms with Crippen molar-refractivity contribution in [2.75, 3.05) is 13.1 Å². The van der Waals surface area contributed by atoms with Crippen molar-refractivity contribution in [2.45, 2.75) is 37.9 Å². The van der Waals surface area contributed by atoms with Crippen LogP contribution in [0.2, 0.25) is 0 Å². The molecule has 0 aliphatic carbocycles. The number of carbonyl (C=O) groups excluding carboxylic acids is 1. The van der Waals surface area contributed by atoms with Gasteiger partial charge in [-0.15, -0.1) is 0 Å². The van der Waals surface area contributed by atoms with Gasteiger partial charge in [-0.05, 0) is 50.4 Å². The molecule has 21 heavy (non-hydrogen) atoms. The Kier molecular flexibility index (Phi) is 4.88. The molecule has 1 unspecified atom stereocenters. The Bertz CT molecular complexity index is 500. The molecule has 3 nitrogen and oxygen atoms in total. The number of carbonyl (C=O) groups is 1. The minimum atomic E-state index is -4.44. The van der Waals surface area contributed by atoms with Gasteiger partial charge >= 0.3 is 6.18 Å². The standard InChI is InChI=1S/C15H19F3N2O/c16-15(17,18)12-5-3-4-11(10-12)14(21)20-9-2-1-6-13(20)7-8-19/h3-5,10,13H,1-2,6-9,19H2. The number of rotatable bonds is 3. The average molecular weight is 300 g/mol. The van der Waals surface area contributed by atoms with E-state index in [0.717, 1.165) is 31.4 Å². The Labute approximate surface area is 121 Å². The van der Waals surface area contributed by atoms with Crippen molar-refractivity contribution in [1.82, 2.24) is 4.90 Å². The molecule has 116 valence electrons. The van der Waals surface area contributed by atoms with Crippen LogP contribution in [0, 0.1) is 0 Å². The fourth-order valence-electron chi connectivity index (χ4n) is 2.75. The summed E-state index contributed by atoms with van der Waals surface area (Å²) < 4.78 is 38.2. The molecule has 2 rings (SSSR count).